The molecule has 5 bridgehead atoms. The number of ketones is 3. The van der Waals surface area contributed by atoms with E-state index in [4.69, 9.17) is 18.9 Å². The first-order valence-corrected chi connectivity index (χ1v) is 28.2. The van der Waals surface area contributed by atoms with Crippen LogP contribution >= 0.6 is 0 Å². The molecule has 1 amide bonds. The normalized spacial score (nSPS) is 28.6. The molecular weight excluding hydrogens is 1060 g/mol. The first kappa shape index (κ1) is 59.4. The molecule has 82 heavy (non-hydrogen) atoms. The minimum Gasteiger partial charge on any atom is -0.507 e. The Labute approximate surface area is 474 Å². The van der Waals surface area contributed by atoms with Crippen molar-refractivity contribution in [1.82, 2.24) is 19.9 Å². The van der Waals surface area contributed by atoms with Crippen LogP contribution < -0.4 is 25.8 Å². The monoisotopic (exact) mass is 1140 g/mol. The van der Waals surface area contributed by atoms with Gasteiger partial charge in [-0.3, -0.25) is 33.2 Å². The van der Waals surface area contributed by atoms with Gasteiger partial charge in [-0.25, -0.2) is 9.18 Å². The molecule has 5 aliphatic heterocycles. The minimum absolute atomic E-state index is 0.0297. The van der Waals surface area contributed by atoms with Crippen molar-refractivity contribution in [1.29, 1.82) is 0 Å². The molecule has 2 aliphatic carbocycles. The smallest absolute Gasteiger partial charge is 0.341 e. The molecule has 3 aromatic rings. The van der Waals surface area contributed by atoms with Crippen LogP contribution in [0.1, 0.15) is 145 Å². The van der Waals surface area contributed by atoms with Gasteiger partial charge in [0.05, 0.1) is 58.7 Å². The van der Waals surface area contributed by atoms with Crippen LogP contribution in [-0.4, -0.2) is 141 Å². The predicted molar refractivity (Wildman–Crippen MR) is 298 cm³/mol. The zero-order valence-electron chi connectivity index (χ0n) is 48.0. The molecule has 440 valence electrons. The molecule has 10 rings (SSSR count). The number of phenolic OH excluding ortho intramolecular Hbond substituents is 1. The predicted octanol–water partition coefficient (Wildman–Crippen LogP) is 6.17. The number of piperidine rings is 1. The highest BCUT2D eigenvalue weighted by Crippen LogP contribution is 2.50. The van der Waals surface area contributed by atoms with Crippen molar-refractivity contribution in [3.63, 3.8) is 0 Å². The summed E-state index contributed by atoms with van der Waals surface area (Å²) in [7, 11) is 1.42. The fourth-order valence-corrected chi connectivity index (χ4v) is 12.7. The molecule has 0 spiro atoms. The number of benzene rings is 1. The Hall–Kier alpha value is -7.20. The van der Waals surface area contributed by atoms with Crippen molar-refractivity contribution < 1.29 is 72.5 Å². The van der Waals surface area contributed by atoms with Crippen LogP contribution in [0, 0.1) is 49.3 Å². The number of aromatic carboxylic acids is 1. The van der Waals surface area contributed by atoms with Crippen LogP contribution in [0.4, 0.5) is 10.1 Å². The summed E-state index contributed by atoms with van der Waals surface area (Å²) in [4.78, 5) is 101. The molecule has 10 atom stereocenters. The highest BCUT2D eigenvalue weighted by atomic mass is 19.1. The summed E-state index contributed by atoms with van der Waals surface area (Å²) in [5.41, 5.74) is -0.643. The number of aromatic hydroxyl groups is 1. The third-order valence-corrected chi connectivity index (χ3v) is 17.8. The fourth-order valence-electron chi connectivity index (χ4n) is 12.7. The second-order valence-corrected chi connectivity index (χ2v) is 23.4. The van der Waals surface area contributed by atoms with E-state index in [0.717, 1.165) is 29.0 Å². The number of carboxylic acids is 1. The number of halogens is 1. The van der Waals surface area contributed by atoms with Gasteiger partial charge in [0.2, 0.25) is 11.6 Å². The molecule has 2 aromatic heterocycles. The van der Waals surface area contributed by atoms with Crippen molar-refractivity contribution >= 4 is 46.4 Å². The Balaban J connectivity index is 0.989. The molecule has 0 radical (unpaired) electrons. The van der Waals surface area contributed by atoms with Gasteiger partial charge in [-0.15, -0.1) is 0 Å². The number of carbonyl (C=O) groups excluding carboxylic acids is 5. The number of aliphatic hydroxyl groups excluding tert-OH is 2. The molecule has 20 nitrogen and oxygen atoms in total. The SMILES string of the molecule is CO[C@H]1C=CO[C@@]2(C)Oc3c(C)c(O)c4c(c3C2=O)C(=O)C(N2CCC(CN[C@H]3CCN(c5c(F)cn6c(=O)c(C(=O)O)cc(C7CC7)c6c5C)C3)CC2)=C(NC(=O)C(C)=CC=C[C@H](C)[C@H](O)[C@@H](C)[C@@H](O)[C@@H](C)[C@H](OC(C)=O)[C@@H]1C)C4=O. The van der Waals surface area contributed by atoms with E-state index in [9.17, 15) is 44.4 Å². The molecule has 21 heteroatoms. The van der Waals surface area contributed by atoms with Gasteiger partial charge >= 0.3 is 17.7 Å². The topological polar surface area (TPSA) is 272 Å². The van der Waals surface area contributed by atoms with Gasteiger partial charge in [-0.2, -0.15) is 0 Å². The summed E-state index contributed by atoms with van der Waals surface area (Å²) in [6.45, 7) is 16.2. The number of aryl methyl sites for hydroxylation is 1. The van der Waals surface area contributed by atoms with Gasteiger partial charge < -0.3 is 59.8 Å². The third kappa shape index (κ3) is 10.9. The number of aliphatic hydroxyl groups is 2. The summed E-state index contributed by atoms with van der Waals surface area (Å²) >= 11 is 0. The van der Waals surface area contributed by atoms with Crippen LogP contribution in [-0.2, 0) is 23.8 Å². The van der Waals surface area contributed by atoms with E-state index in [1.807, 2.05) is 4.90 Å². The number of fused-ring (bicyclic) bond motifs is 15. The number of hydrogen-bond acceptors (Lipinski definition) is 17. The highest BCUT2D eigenvalue weighted by molar-refractivity contribution is 6.32. The minimum atomic E-state index is -2.14. The Kier molecular flexibility index (Phi) is 16.8. The number of phenols is 1. The van der Waals surface area contributed by atoms with Gasteiger partial charge in [-0.05, 0) is 94.5 Å². The van der Waals surface area contributed by atoms with Crippen LogP contribution in [0.5, 0.6) is 11.5 Å². The number of likely N-dealkylation sites (tertiary alicyclic amines) is 1. The average Bonchev–Trinajstić information content (AvgIpc) is 1.70. The number of esters is 1. The maximum Gasteiger partial charge on any atom is 0.341 e. The molecule has 7 heterocycles. The number of aromatic nitrogens is 1. The van der Waals surface area contributed by atoms with E-state index in [2.05, 4.69) is 10.6 Å². The lowest BCUT2D eigenvalue weighted by Crippen LogP contribution is -2.46. The van der Waals surface area contributed by atoms with E-state index in [1.165, 1.54) is 59.3 Å². The molecule has 0 unspecified atom stereocenters. The van der Waals surface area contributed by atoms with Crippen molar-refractivity contribution in [3.05, 3.63) is 115 Å². The van der Waals surface area contributed by atoms with Gasteiger partial charge in [0, 0.05) is 88.0 Å². The zero-order chi connectivity index (χ0) is 59.5. The number of ether oxygens (including phenoxy) is 4. The Morgan fingerprint density at radius 3 is 2.21 bits per heavy atom. The number of nitrogens with one attached hydrogen (secondary N) is 2. The van der Waals surface area contributed by atoms with Gasteiger partial charge in [0.1, 0.15) is 34.6 Å². The maximum atomic E-state index is 16.1. The van der Waals surface area contributed by atoms with E-state index < -0.39 is 123 Å². The van der Waals surface area contributed by atoms with Crippen molar-refractivity contribution in [2.24, 2.45) is 29.6 Å². The molecule has 2 saturated heterocycles. The lowest BCUT2D eigenvalue weighted by Gasteiger charge is -2.38. The Morgan fingerprint density at radius 1 is 0.878 bits per heavy atom. The zero-order valence-corrected chi connectivity index (χ0v) is 48.0. The number of anilines is 1. The summed E-state index contributed by atoms with van der Waals surface area (Å²) < 4.78 is 41.1. The summed E-state index contributed by atoms with van der Waals surface area (Å²) in [6.07, 6.45) is 7.78. The molecule has 1 saturated carbocycles. The number of carboxylic acid groups (broad SMARTS) is 1. The number of rotatable bonds is 9. The van der Waals surface area contributed by atoms with Crippen molar-refractivity contribution in [3.8, 4) is 11.5 Å². The molecular formula is C61H74FN5O15. The lowest BCUT2D eigenvalue weighted by atomic mass is 9.78. The number of allylic oxidation sites excluding steroid dienone is 4. The van der Waals surface area contributed by atoms with Gasteiger partial charge in [-0.1, -0.05) is 45.9 Å². The maximum absolute atomic E-state index is 16.1. The van der Waals surface area contributed by atoms with Gasteiger partial charge in [0.15, 0.2) is 5.82 Å². The van der Waals surface area contributed by atoms with E-state index in [-0.39, 0.29) is 64.8 Å². The van der Waals surface area contributed by atoms with E-state index >= 15 is 14.0 Å². The quantitative estimate of drug-likeness (QED) is 0.131. The van der Waals surface area contributed by atoms with Crippen LogP contribution in [0.15, 0.2) is 64.6 Å². The Morgan fingerprint density at radius 2 is 1.56 bits per heavy atom. The average molecular weight is 1140 g/mol. The summed E-state index contributed by atoms with van der Waals surface area (Å²) in [5.74, 6) is -11.4. The summed E-state index contributed by atoms with van der Waals surface area (Å²) in [6, 6.07) is 1.40. The van der Waals surface area contributed by atoms with Crippen LogP contribution in [0.2, 0.25) is 0 Å². The number of amides is 1. The third-order valence-electron chi connectivity index (χ3n) is 17.8. The number of methoxy groups -OCH3 is 1. The van der Waals surface area contributed by atoms with Gasteiger partial charge in [0.25, 0.3) is 17.2 Å². The standard InChI is InChI=1S/C61H74FN5O15/c1-28-12-11-13-29(2)58(75)64-46-49(65-20-16-36(17-21-65)25-63-38-18-22-66(26-38)48-31(4)47-39(37-14-15-37)24-40(60(77)78)59(76)67(47)27-41(48)62)54(73)43-44(53(46)72)52(71)34(7)56-45(43)57(74)61(9,82-56)80-23-19-42(79-10)30(3)55(81-35(8)68)33(6)51(70)32(5)50(28)69/h11-13,19,23-24,27-28,30,32-33,36-38,42,50-51,55,63,69-71H,14-18,20-22,25-26H2,1-10H3,(H,64,75)(H,77,78)/t28-,30+,32+,33+,38-,42-,50-,51+,55+,61-/m0/s1. The molecule has 6 N–H and O–H groups in total. The number of nitrogens with zero attached hydrogens (tertiary/aromatic N) is 3. The Bertz CT molecular complexity index is 3330. The number of pyridine rings is 2. The van der Waals surface area contributed by atoms with E-state index in [1.54, 1.807) is 51.7 Å². The van der Waals surface area contributed by atoms with Crippen LogP contribution in [0.3, 0.4) is 0 Å². The lowest BCUT2D eigenvalue weighted by molar-refractivity contribution is -0.160. The molecule has 3 fully saturated rings. The van der Waals surface area contributed by atoms with Crippen molar-refractivity contribution in [2.75, 3.05) is 44.7 Å². The molecule has 7 aliphatic rings. The second-order valence-electron chi connectivity index (χ2n) is 23.4. The first-order chi connectivity index (χ1) is 38.8. The second kappa shape index (κ2) is 23.2. The fraction of sp³-hybridized carbons (Fsp3) is 0.525. The number of carbonyl (C=O) groups is 6. The van der Waals surface area contributed by atoms with Crippen molar-refractivity contribution in [2.45, 2.75) is 137 Å². The van der Waals surface area contributed by atoms with E-state index in [0.29, 0.717) is 55.7 Å². The largest absolute Gasteiger partial charge is 0.507 e. The first-order valence-electron chi connectivity index (χ1n) is 28.2. The highest BCUT2D eigenvalue weighted by Gasteiger charge is 2.53. The number of hydrogen-bond donors (Lipinski definition) is 6. The molecule has 1 aromatic carbocycles. The van der Waals surface area contributed by atoms with Crippen LogP contribution in [0.25, 0.3) is 5.52 Å². The number of Topliss-reactive ketones (excluding diaryl/α,β-unsaturated/α-hetero) is 3. The summed E-state index contributed by atoms with van der Waals surface area (Å²) in [5, 5.41) is 51.1.